The highest BCUT2D eigenvalue weighted by Crippen LogP contribution is 2.23. The van der Waals surface area contributed by atoms with Crippen molar-refractivity contribution in [1.29, 1.82) is 0 Å². The Kier molecular flexibility index (Phi) is 7.24. The monoisotopic (exact) mass is 410 g/mol. The van der Waals surface area contributed by atoms with Gasteiger partial charge in [0.1, 0.15) is 4.90 Å². The van der Waals surface area contributed by atoms with Crippen molar-refractivity contribution in [2.45, 2.75) is 25.3 Å². The van der Waals surface area contributed by atoms with E-state index in [4.69, 9.17) is 11.6 Å². The summed E-state index contributed by atoms with van der Waals surface area (Å²) >= 11 is 6.02. The van der Waals surface area contributed by atoms with Crippen molar-refractivity contribution in [2.75, 3.05) is 25.1 Å². The van der Waals surface area contributed by atoms with Crippen LogP contribution in [-0.2, 0) is 21.3 Å². The number of sulfonamides is 1. The summed E-state index contributed by atoms with van der Waals surface area (Å²) in [5.41, 5.74) is 2.01. The summed E-state index contributed by atoms with van der Waals surface area (Å²) in [6.45, 7) is 6.07. The number of carbonyl (C=O) groups is 1. The predicted octanol–water partition coefficient (Wildman–Crippen LogP) is 3.45. The summed E-state index contributed by atoms with van der Waals surface area (Å²) in [5, 5.41) is 0.0343. The topological polar surface area (TPSA) is 75.7 Å². The zero-order valence-electron chi connectivity index (χ0n) is 15.5. The number of hydrogen-bond acceptors (Lipinski definition) is 5. The number of carbonyl (C=O) groups excluding carboxylic acids is 1. The third kappa shape index (κ3) is 5.22. The van der Waals surface area contributed by atoms with Crippen LogP contribution in [-0.4, -0.2) is 34.6 Å². The number of benzene rings is 2. The van der Waals surface area contributed by atoms with E-state index in [0.29, 0.717) is 0 Å². The van der Waals surface area contributed by atoms with E-state index in [0.717, 1.165) is 24.3 Å². The second kappa shape index (κ2) is 9.21. The van der Waals surface area contributed by atoms with E-state index in [1.807, 2.05) is 24.3 Å². The number of esters is 1. The number of hydrogen-bond donors (Lipinski definition) is 1. The van der Waals surface area contributed by atoms with E-state index < -0.39 is 16.0 Å². The molecule has 0 aliphatic heterocycles. The van der Waals surface area contributed by atoms with Crippen molar-refractivity contribution in [3.05, 3.63) is 58.6 Å². The lowest BCUT2D eigenvalue weighted by Crippen LogP contribution is -2.24. The summed E-state index contributed by atoms with van der Waals surface area (Å²) < 4.78 is 32.3. The largest absolute Gasteiger partial charge is 0.465 e. The van der Waals surface area contributed by atoms with Crippen LogP contribution in [0.3, 0.4) is 0 Å². The number of nitrogens with zero attached hydrogens (tertiary/aromatic N) is 1. The fourth-order valence-corrected chi connectivity index (χ4v) is 4.16. The van der Waals surface area contributed by atoms with Crippen molar-refractivity contribution < 1.29 is 17.9 Å². The Labute approximate surface area is 165 Å². The molecule has 0 atom stereocenters. The van der Waals surface area contributed by atoms with Gasteiger partial charge in [-0.2, -0.15) is 0 Å². The van der Waals surface area contributed by atoms with Gasteiger partial charge in [0.2, 0.25) is 10.0 Å². The lowest BCUT2D eigenvalue weighted by atomic mass is 10.2. The van der Waals surface area contributed by atoms with Crippen LogP contribution in [0.2, 0.25) is 5.02 Å². The Morgan fingerprint density at radius 1 is 1.11 bits per heavy atom. The molecule has 2 rings (SSSR count). The second-order valence-electron chi connectivity index (χ2n) is 5.80. The van der Waals surface area contributed by atoms with E-state index in [9.17, 15) is 13.2 Å². The van der Waals surface area contributed by atoms with Crippen LogP contribution < -0.4 is 9.62 Å². The van der Waals surface area contributed by atoms with Crippen LogP contribution in [0.1, 0.15) is 29.8 Å². The number of nitrogens with one attached hydrogen (secondary N) is 1. The van der Waals surface area contributed by atoms with E-state index in [1.165, 1.54) is 25.3 Å². The minimum absolute atomic E-state index is 0.0343. The Hall–Kier alpha value is -2.09. The number of methoxy groups -OCH3 is 1. The van der Waals surface area contributed by atoms with Crippen molar-refractivity contribution in [2.24, 2.45) is 0 Å². The number of anilines is 1. The maximum Gasteiger partial charge on any atom is 0.337 e. The molecule has 0 saturated heterocycles. The number of rotatable bonds is 8. The highest BCUT2D eigenvalue weighted by atomic mass is 35.5. The molecule has 0 heterocycles. The van der Waals surface area contributed by atoms with Crippen molar-refractivity contribution >= 4 is 33.3 Å². The minimum Gasteiger partial charge on any atom is -0.465 e. The van der Waals surface area contributed by atoms with Crippen LogP contribution in [0.5, 0.6) is 0 Å². The third-order valence-corrected chi connectivity index (χ3v) is 6.06. The number of halogens is 1. The molecule has 0 radical (unpaired) electrons. The standard InChI is InChI=1S/C19H23ClN2O4S/c1-4-22(5-2)16-9-6-14(7-10-16)13-21-27(24,25)18-12-15(19(23)26-3)8-11-17(18)20/h6-12,21H,4-5,13H2,1-3H3. The summed E-state index contributed by atoms with van der Waals surface area (Å²) in [7, 11) is -2.66. The van der Waals surface area contributed by atoms with Crippen molar-refractivity contribution in [3.63, 3.8) is 0 Å². The first kappa shape index (κ1) is 21.2. The predicted molar refractivity (Wildman–Crippen MR) is 107 cm³/mol. The van der Waals surface area contributed by atoms with E-state index >= 15 is 0 Å². The molecule has 0 aliphatic carbocycles. The van der Waals surface area contributed by atoms with E-state index in [-0.39, 0.29) is 22.0 Å². The molecular formula is C19H23ClN2O4S. The van der Waals surface area contributed by atoms with E-state index in [2.05, 4.69) is 28.2 Å². The van der Waals surface area contributed by atoms with Gasteiger partial charge in [0.25, 0.3) is 0 Å². The Balaban J connectivity index is 2.16. The fourth-order valence-electron chi connectivity index (χ4n) is 2.62. The first-order valence-electron chi connectivity index (χ1n) is 8.53. The smallest absolute Gasteiger partial charge is 0.337 e. The summed E-state index contributed by atoms with van der Waals surface area (Å²) in [5.74, 6) is -0.630. The summed E-state index contributed by atoms with van der Waals surface area (Å²) in [6.07, 6.45) is 0. The average Bonchev–Trinajstić information content (AvgIpc) is 2.68. The normalized spacial score (nSPS) is 11.3. The van der Waals surface area contributed by atoms with E-state index in [1.54, 1.807) is 0 Å². The molecule has 6 nitrogen and oxygen atoms in total. The molecule has 2 aromatic carbocycles. The molecule has 1 N–H and O–H groups in total. The lowest BCUT2D eigenvalue weighted by Gasteiger charge is -2.21. The first-order valence-corrected chi connectivity index (χ1v) is 10.4. The Bertz CT molecular complexity index is 894. The zero-order chi connectivity index (χ0) is 20.0. The average molecular weight is 411 g/mol. The van der Waals surface area contributed by atoms with Gasteiger partial charge in [-0.05, 0) is 49.7 Å². The van der Waals surface area contributed by atoms with Gasteiger partial charge >= 0.3 is 5.97 Å². The quantitative estimate of drug-likeness (QED) is 0.674. The van der Waals surface area contributed by atoms with Gasteiger partial charge in [0, 0.05) is 25.3 Å². The molecule has 0 saturated carbocycles. The van der Waals surface area contributed by atoms with Crippen molar-refractivity contribution in [3.8, 4) is 0 Å². The lowest BCUT2D eigenvalue weighted by molar-refractivity contribution is 0.0600. The van der Waals surface area contributed by atoms with Crippen molar-refractivity contribution in [1.82, 2.24) is 4.72 Å². The second-order valence-corrected chi connectivity index (χ2v) is 7.94. The summed E-state index contributed by atoms with van der Waals surface area (Å²) in [4.78, 5) is 13.7. The van der Waals surface area contributed by atoms with Crippen LogP contribution >= 0.6 is 11.6 Å². The molecule has 146 valence electrons. The fraction of sp³-hybridized carbons (Fsp3) is 0.316. The van der Waals surface area contributed by atoms with Gasteiger partial charge in [-0.15, -0.1) is 0 Å². The third-order valence-electron chi connectivity index (χ3n) is 4.17. The maximum atomic E-state index is 12.6. The van der Waals surface area contributed by atoms with Crippen LogP contribution in [0, 0.1) is 0 Å². The van der Waals surface area contributed by atoms with Gasteiger partial charge < -0.3 is 9.64 Å². The molecule has 0 amide bonds. The van der Waals surface area contributed by atoms with Crippen LogP contribution in [0.15, 0.2) is 47.4 Å². The summed E-state index contributed by atoms with van der Waals surface area (Å²) in [6, 6.07) is 11.7. The van der Waals surface area contributed by atoms with Crippen LogP contribution in [0.4, 0.5) is 5.69 Å². The van der Waals surface area contributed by atoms with Gasteiger partial charge in [0.05, 0.1) is 17.7 Å². The Morgan fingerprint density at radius 2 is 1.74 bits per heavy atom. The molecule has 0 aliphatic rings. The van der Waals surface area contributed by atoms with Gasteiger partial charge in [0.15, 0.2) is 0 Å². The first-order chi connectivity index (χ1) is 12.8. The molecule has 27 heavy (non-hydrogen) atoms. The molecule has 0 aromatic heterocycles. The molecular weight excluding hydrogens is 388 g/mol. The minimum atomic E-state index is -3.89. The Morgan fingerprint density at radius 3 is 2.30 bits per heavy atom. The van der Waals surface area contributed by atoms with Gasteiger partial charge in [-0.25, -0.2) is 17.9 Å². The molecule has 0 fully saturated rings. The highest BCUT2D eigenvalue weighted by molar-refractivity contribution is 7.89. The SMILES string of the molecule is CCN(CC)c1ccc(CNS(=O)(=O)c2cc(C(=O)OC)ccc2Cl)cc1. The highest BCUT2D eigenvalue weighted by Gasteiger charge is 2.20. The number of ether oxygens (including phenoxy) is 1. The van der Waals surface area contributed by atoms with Gasteiger partial charge in [-0.1, -0.05) is 23.7 Å². The van der Waals surface area contributed by atoms with Crippen LogP contribution in [0.25, 0.3) is 0 Å². The molecule has 0 unspecified atom stereocenters. The maximum absolute atomic E-state index is 12.6. The molecule has 8 heteroatoms. The van der Waals surface area contributed by atoms with Gasteiger partial charge in [-0.3, -0.25) is 0 Å². The zero-order valence-corrected chi connectivity index (χ0v) is 17.1. The molecule has 0 spiro atoms. The molecule has 2 aromatic rings. The molecule has 0 bridgehead atoms.